The third-order valence-electron chi connectivity index (χ3n) is 2.28. The second-order valence-electron chi connectivity index (χ2n) is 3.60. The van der Waals surface area contributed by atoms with Crippen LogP contribution in [0.2, 0.25) is 0 Å². The van der Waals surface area contributed by atoms with Gasteiger partial charge in [-0.1, -0.05) is 19.1 Å². The first kappa shape index (κ1) is 12.9. The van der Waals surface area contributed by atoms with Gasteiger partial charge in [0.15, 0.2) is 0 Å². The summed E-state index contributed by atoms with van der Waals surface area (Å²) in [5, 5.41) is 0. The summed E-state index contributed by atoms with van der Waals surface area (Å²) in [4.78, 5) is 0. The van der Waals surface area contributed by atoms with Crippen molar-refractivity contribution in [1.29, 1.82) is 0 Å². The van der Waals surface area contributed by atoms with Crippen molar-refractivity contribution in [2.24, 2.45) is 0 Å². The number of hydrogen-bond acceptors (Lipinski definition) is 1. The summed E-state index contributed by atoms with van der Waals surface area (Å²) in [7, 11) is 0. The average molecular weight is 230 g/mol. The summed E-state index contributed by atoms with van der Waals surface area (Å²) in [6, 6.07) is 5.88. The van der Waals surface area contributed by atoms with E-state index in [1.807, 2.05) is 6.92 Å². The molecule has 16 heavy (non-hydrogen) atoms. The molecule has 88 valence electrons. The van der Waals surface area contributed by atoms with E-state index in [0.717, 1.165) is 12.0 Å². The summed E-state index contributed by atoms with van der Waals surface area (Å²) in [6.45, 7) is 7.39. The molecule has 2 radical (unpaired) electrons. The van der Waals surface area contributed by atoms with E-state index in [4.69, 9.17) is 6.92 Å². The van der Waals surface area contributed by atoms with E-state index in [-0.39, 0.29) is 11.7 Å². The smallest absolute Gasteiger partial charge is 0.406 e. The fourth-order valence-corrected chi connectivity index (χ4v) is 1.41. The lowest BCUT2D eigenvalue weighted by Crippen LogP contribution is -2.17. The van der Waals surface area contributed by atoms with E-state index in [0.29, 0.717) is 6.42 Å². The molecule has 0 bridgehead atoms. The molecule has 0 aliphatic carbocycles. The molecule has 1 unspecified atom stereocenters. The lowest BCUT2D eigenvalue weighted by molar-refractivity contribution is -0.274. The van der Waals surface area contributed by atoms with Crippen LogP contribution in [0.15, 0.2) is 24.3 Å². The van der Waals surface area contributed by atoms with Gasteiger partial charge in [0.05, 0.1) is 0 Å². The van der Waals surface area contributed by atoms with Gasteiger partial charge in [-0.2, -0.15) is 0 Å². The SMILES string of the molecule is [CH]CCC(C)c1ccc(OC(F)(F)F)cc1. The Morgan fingerprint density at radius 2 is 1.81 bits per heavy atom. The van der Waals surface area contributed by atoms with Gasteiger partial charge in [-0.3, -0.25) is 0 Å². The average Bonchev–Trinajstić information content (AvgIpc) is 2.16. The predicted molar refractivity (Wildman–Crippen MR) is 55.1 cm³/mol. The Kier molecular flexibility index (Phi) is 4.21. The molecule has 4 heteroatoms. The van der Waals surface area contributed by atoms with Crippen LogP contribution >= 0.6 is 0 Å². The Morgan fingerprint density at radius 1 is 1.25 bits per heavy atom. The van der Waals surface area contributed by atoms with Crippen molar-refractivity contribution in [2.75, 3.05) is 0 Å². The van der Waals surface area contributed by atoms with Crippen molar-refractivity contribution >= 4 is 0 Å². The standard InChI is InChI=1S/C12H13F3O/c1-3-4-9(2)10-5-7-11(8-6-10)16-12(13,14)15/h1,5-9H,3-4H2,2H3. The third kappa shape index (κ3) is 4.13. The molecule has 1 aromatic carbocycles. The van der Waals surface area contributed by atoms with Gasteiger partial charge in [0, 0.05) is 0 Å². The Morgan fingerprint density at radius 3 is 2.25 bits per heavy atom. The van der Waals surface area contributed by atoms with E-state index in [1.165, 1.54) is 12.1 Å². The van der Waals surface area contributed by atoms with Crippen LogP contribution in [0, 0.1) is 6.92 Å². The minimum absolute atomic E-state index is 0.198. The summed E-state index contributed by atoms with van der Waals surface area (Å²) in [6.07, 6.45) is -3.27. The van der Waals surface area contributed by atoms with E-state index >= 15 is 0 Å². The third-order valence-corrected chi connectivity index (χ3v) is 2.28. The molecule has 0 aliphatic rings. The van der Waals surface area contributed by atoms with Crippen LogP contribution in [0.1, 0.15) is 31.2 Å². The van der Waals surface area contributed by atoms with E-state index in [9.17, 15) is 13.2 Å². The quantitative estimate of drug-likeness (QED) is 0.753. The summed E-state index contributed by atoms with van der Waals surface area (Å²) >= 11 is 0. The van der Waals surface area contributed by atoms with Crippen LogP contribution in [0.3, 0.4) is 0 Å². The first-order chi connectivity index (χ1) is 7.42. The second kappa shape index (κ2) is 5.23. The largest absolute Gasteiger partial charge is 0.573 e. The van der Waals surface area contributed by atoms with Crippen molar-refractivity contribution in [1.82, 2.24) is 0 Å². The maximum absolute atomic E-state index is 11.9. The van der Waals surface area contributed by atoms with Crippen LogP contribution in [-0.4, -0.2) is 6.36 Å². The van der Waals surface area contributed by atoms with E-state index < -0.39 is 6.36 Å². The van der Waals surface area contributed by atoms with Gasteiger partial charge in [-0.15, -0.1) is 13.2 Å². The van der Waals surface area contributed by atoms with Gasteiger partial charge in [0.2, 0.25) is 0 Å². The lowest BCUT2D eigenvalue weighted by Gasteiger charge is -2.12. The Bertz CT molecular complexity index is 316. The number of ether oxygens (including phenoxy) is 1. The molecule has 0 fully saturated rings. The molecule has 0 aromatic heterocycles. The summed E-state index contributed by atoms with van der Waals surface area (Å²) < 4.78 is 39.4. The van der Waals surface area contributed by atoms with Crippen molar-refractivity contribution in [3.63, 3.8) is 0 Å². The van der Waals surface area contributed by atoms with Crippen LogP contribution in [0.5, 0.6) is 5.75 Å². The zero-order valence-corrected chi connectivity index (χ0v) is 8.92. The van der Waals surface area contributed by atoms with Crippen molar-refractivity contribution in [3.05, 3.63) is 36.8 Å². The number of hydrogen-bond donors (Lipinski definition) is 0. The zero-order chi connectivity index (χ0) is 12.2. The molecule has 0 amide bonds. The van der Waals surface area contributed by atoms with Gasteiger partial charge in [-0.25, -0.2) is 0 Å². The molecule has 0 saturated heterocycles. The molecule has 0 heterocycles. The second-order valence-corrected chi connectivity index (χ2v) is 3.60. The minimum atomic E-state index is -4.63. The lowest BCUT2D eigenvalue weighted by atomic mass is 9.97. The van der Waals surface area contributed by atoms with Crippen molar-refractivity contribution < 1.29 is 17.9 Å². The molecular formula is C12H13F3O. The fourth-order valence-electron chi connectivity index (χ4n) is 1.41. The molecule has 0 saturated carbocycles. The molecule has 1 atom stereocenters. The fraction of sp³-hybridized carbons (Fsp3) is 0.417. The highest BCUT2D eigenvalue weighted by atomic mass is 19.4. The molecule has 0 spiro atoms. The van der Waals surface area contributed by atoms with Gasteiger partial charge in [0.25, 0.3) is 0 Å². The Labute approximate surface area is 93.2 Å². The summed E-state index contributed by atoms with van der Waals surface area (Å²) in [5.74, 6) is 0.0427. The van der Waals surface area contributed by atoms with Crippen LogP contribution in [0.4, 0.5) is 13.2 Å². The minimum Gasteiger partial charge on any atom is -0.406 e. The van der Waals surface area contributed by atoms with Crippen molar-refractivity contribution in [3.8, 4) is 5.75 Å². The maximum Gasteiger partial charge on any atom is 0.573 e. The monoisotopic (exact) mass is 230 g/mol. The van der Waals surface area contributed by atoms with E-state index in [2.05, 4.69) is 4.74 Å². The molecule has 0 N–H and O–H groups in total. The van der Waals surface area contributed by atoms with Crippen LogP contribution in [-0.2, 0) is 0 Å². The number of benzene rings is 1. The predicted octanol–water partition coefficient (Wildman–Crippen LogP) is 4.18. The Hall–Kier alpha value is -1.19. The molecule has 1 aromatic rings. The number of alkyl halides is 3. The topological polar surface area (TPSA) is 9.23 Å². The molecule has 1 rings (SSSR count). The first-order valence-electron chi connectivity index (χ1n) is 4.98. The normalized spacial score (nSPS) is 13.6. The van der Waals surface area contributed by atoms with Crippen molar-refractivity contribution in [2.45, 2.75) is 32.0 Å². The summed E-state index contributed by atoms with van der Waals surface area (Å²) in [5.41, 5.74) is 0.958. The molecule has 1 nitrogen and oxygen atoms in total. The van der Waals surface area contributed by atoms with E-state index in [1.54, 1.807) is 12.1 Å². The zero-order valence-electron chi connectivity index (χ0n) is 8.92. The number of rotatable bonds is 4. The highest BCUT2D eigenvalue weighted by molar-refractivity contribution is 5.29. The van der Waals surface area contributed by atoms with Gasteiger partial charge < -0.3 is 4.74 Å². The highest BCUT2D eigenvalue weighted by Crippen LogP contribution is 2.26. The number of halogens is 3. The Balaban J connectivity index is 2.68. The van der Waals surface area contributed by atoms with Gasteiger partial charge in [0.1, 0.15) is 5.75 Å². The van der Waals surface area contributed by atoms with Crippen LogP contribution in [0.25, 0.3) is 0 Å². The van der Waals surface area contributed by atoms with Crippen LogP contribution < -0.4 is 4.74 Å². The molecule has 0 aliphatic heterocycles. The van der Waals surface area contributed by atoms with Gasteiger partial charge >= 0.3 is 6.36 Å². The maximum atomic E-state index is 11.9. The van der Waals surface area contributed by atoms with Gasteiger partial charge in [-0.05, 0) is 43.4 Å². The highest BCUT2D eigenvalue weighted by Gasteiger charge is 2.30. The molecular weight excluding hydrogens is 217 g/mol. The first-order valence-corrected chi connectivity index (χ1v) is 4.98.